The zero-order valence-electron chi connectivity index (χ0n) is 5.63. The molecule has 0 aromatic rings. The maximum atomic E-state index is 10.6. The van der Waals surface area contributed by atoms with Gasteiger partial charge in [-0.25, -0.2) is 0 Å². The zero-order chi connectivity index (χ0) is 7.02. The highest BCUT2D eigenvalue weighted by Crippen LogP contribution is 2.19. The lowest BCUT2D eigenvalue weighted by atomic mass is 10.0. The first kappa shape index (κ1) is 6.55. The summed E-state index contributed by atoms with van der Waals surface area (Å²) in [5, 5.41) is 0. The Bertz CT molecular complexity index is 135. The molecule has 3 heteroatoms. The predicted molar refractivity (Wildman–Crippen MR) is 32.7 cm³/mol. The Morgan fingerprint density at radius 1 is 1.56 bits per heavy atom. The molecule has 1 aliphatic rings. The average Bonchev–Trinajstić information content (AvgIpc) is 1.98. The lowest BCUT2D eigenvalue weighted by Crippen LogP contribution is -2.31. The van der Waals surface area contributed by atoms with E-state index in [-0.39, 0.29) is 18.0 Å². The van der Waals surface area contributed by atoms with Crippen molar-refractivity contribution in [3.8, 4) is 0 Å². The Balaban J connectivity index is 2.65. The monoisotopic (exact) mass is 129 g/mol. The van der Waals surface area contributed by atoms with Gasteiger partial charge in [-0.2, -0.15) is 0 Å². The molecule has 0 radical (unpaired) electrons. The van der Waals surface area contributed by atoms with Gasteiger partial charge in [0.05, 0.1) is 0 Å². The largest absolute Gasteiger partial charge is 0.461 e. The number of carbonyl (C=O) groups is 1. The third kappa shape index (κ3) is 0.920. The maximum absolute atomic E-state index is 10.6. The Hall–Kier alpha value is -0.570. The third-order valence-electron chi connectivity index (χ3n) is 1.88. The molecule has 1 rings (SSSR count). The van der Waals surface area contributed by atoms with Crippen molar-refractivity contribution in [2.75, 3.05) is 0 Å². The molecule has 0 aromatic heterocycles. The van der Waals surface area contributed by atoms with Gasteiger partial charge in [-0.1, -0.05) is 6.92 Å². The summed E-state index contributed by atoms with van der Waals surface area (Å²) in [5.41, 5.74) is 5.44. The van der Waals surface area contributed by atoms with Crippen LogP contribution in [-0.2, 0) is 9.53 Å². The Kier molecular flexibility index (Phi) is 1.45. The van der Waals surface area contributed by atoms with Crippen molar-refractivity contribution >= 4 is 5.97 Å². The van der Waals surface area contributed by atoms with Gasteiger partial charge in [-0.15, -0.1) is 0 Å². The van der Waals surface area contributed by atoms with Gasteiger partial charge in [0.2, 0.25) is 0 Å². The molecule has 1 saturated heterocycles. The Labute approximate surface area is 54.2 Å². The van der Waals surface area contributed by atoms with Crippen LogP contribution in [-0.4, -0.2) is 18.1 Å². The number of nitrogens with two attached hydrogens (primary N) is 1. The van der Waals surface area contributed by atoms with E-state index in [0.29, 0.717) is 0 Å². The molecule has 0 bridgehead atoms. The van der Waals surface area contributed by atoms with Crippen molar-refractivity contribution in [3.05, 3.63) is 0 Å². The van der Waals surface area contributed by atoms with Gasteiger partial charge in [0, 0.05) is 5.92 Å². The summed E-state index contributed by atoms with van der Waals surface area (Å²) >= 11 is 0. The van der Waals surface area contributed by atoms with Crippen LogP contribution in [0.3, 0.4) is 0 Å². The van der Waals surface area contributed by atoms with E-state index >= 15 is 0 Å². The minimum atomic E-state index is -0.403. The van der Waals surface area contributed by atoms with E-state index in [9.17, 15) is 4.79 Å². The van der Waals surface area contributed by atoms with Gasteiger partial charge >= 0.3 is 5.97 Å². The second-order valence-electron chi connectivity index (χ2n) is 2.53. The minimum absolute atomic E-state index is 0.00694. The van der Waals surface area contributed by atoms with Crippen LogP contribution in [0.2, 0.25) is 0 Å². The van der Waals surface area contributed by atoms with E-state index in [4.69, 9.17) is 10.5 Å². The predicted octanol–water partition coefficient (Wildman–Crippen LogP) is -0.105. The minimum Gasteiger partial charge on any atom is -0.461 e. The fourth-order valence-electron chi connectivity index (χ4n) is 0.876. The van der Waals surface area contributed by atoms with E-state index in [0.717, 1.165) is 0 Å². The van der Waals surface area contributed by atoms with Crippen LogP contribution < -0.4 is 5.73 Å². The molecule has 3 atom stereocenters. The first-order chi connectivity index (χ1) is 4.13. The van der Waals surface area contributed by atoms with E-state index in [1.165, 1.54) is 0 Å². The molecule has 0 aromatic carbocycles. The smallest absolute Gasteiger partial charge is 0.323 e. The molecule has 2 N–H and O–H groups in total. The highest BCUT2D eigenvalue weighted by Gasteiger charge is 2.36. The van der Waals surface area contributed by atoms with Gasteiger partial charge in [-0.05, 0) is 6.92 Å². The lowest BCUT2D eigenvalue weighted by molar-refractivity contribution is -0.141. The number of cyclic esters (lactones) is 1. The fourth-order valence-corrected chi connectivity index (χ4v) is 0.876. The number of hydrogen-bond donors (Lipinski definition) is 1. The van der Waals surface area contributed by atoms with Crippen LogP contribution in [0.1, 0.15) is 13.8 Å². The van der Waals surface area contributed by atoms with E-state index in [1.54, 1.807) is 0 Å². The number of rotatable bonds is 0. The Morgan fingerprint density at radius 3 is 2.22 bits per heavy atom. The second kappa shape index (κ2) is 1.99. The molecule has 9 heavy (non-hydrogen) atoms. The van der Waals surface area contributed by atoms with Crippen LogP contribution in [0.25, 0.3) is 0 Å². The van der Waals surface area contributed by atoms with Gasteiger partial charge in [0.25, 0.3) is 0 Å². The van der Waals surface area contributed by atoms with Crippen molar-refractivity contribution in [2.45, 2.75) is 26.0 Å². The number of hydrogen-bond acceptors (Lipinski definition) is 3. The summed E-state index contributed by atoms with van der Waals surface area (Å²) in [5.74, 6) is -0.104. The van der Waals surface area contributed by atoms with Gasteiger partial charge < -0.3 is 10.5 Å². The summed E-state index contributed by atoms with van der Waals surface area (Å²) in [4.78, 5) is 10.6. The molecule has 0 aliphatic carbocycles. The second-order valence-corrected chi connectivity index (χ2v) is 2.53. The standard InChI is InChI=1S/C6H11NO2/c1-3-4(2)9-6(8)5(3)7/h3-5H,7H2,1-2H3/t3-,4+,5-/m1/s1. The molecule has 1 fully saturated rings. The van der Waals surface area contributed by atoms with Crippen molar-refractivity contribution in [1.82, 2.24) is 0 Å². The van der Waals surface area contributed by atoms with Crippen LogP contribution in [0.4, 0.5) is 0 Å². The number of esters is 1. The van der Waals surface area contributed by atoms with Crippen LogP contribution in [0.15, 0.2) is 0 Å². The first-order valence-corrected chi connectivity index (χ1v) is 3.09. The SMILES string of the molecule is C[C@@H]1[C@H](C)OC(=O)[C@@H]1N. The van der Waals surface area contributed by atoms with Crippen molar-refractivity contribution < 1.29 is 9.53 Å². The van der Waals surface area contributed by atoms with E-state index in [2.05, 4.69) is 0 Å². The first-order valence-electron chi connectivity index (χ1n) is 3.09. The van der Waals surface area contributed by atoms with E-state index < -0.39 is 6.04 Å². The molecule has 1 aliphatic heterocycles. The summed E-state index contributed by atoms with van der Waals surface area (Å²) < 4.78 is 4.82. The molecule has 0 amide bonds. The maximum Gasteiger partial charge on any atom is 0.323 e. The quantitative estimate of drug-likeness (QED) is 0.464. The summed E-state index contributed by atoms with van der Waals surface area (Å²) in [6, 6.07) is -0.403. The average molecular weight is 129 g/mol. The molecular formula is C6H11NO2. The number of carbonyl (C=O) groups excluding carboxylic acids is 1. The van der Waals surface area contributed by atoms with Crippen LogP contribution >= 0.6 is 0 Å². The normalized spacial score (nSPS) is 43.0. The zero-order valence-corrected chi connectivity index (χ0v) is 5.63. The van der Waals surface area contributed by atoms with Crippen molar-refractivity contribution in [3.63, 3.8) is 0 Å². The molecule has 52 valence electrons. The van der Waals surface area contributed by atoms with Crippen LogP contribution in [0, 0.1) is 5.92 Å². The summed E-state index contributed by atoms with van der Waals surface area (Å²) in [6.07, 6.45) is -0.00694. The highest BCUT2D eigenvalue weighted by molar-refractivity contribution is 5.78. The molecular weight excluding hydrogens is 118 g/mol. The lowest BCUT2D eigenvalue weighted by Gasteiger charge is -2.06. The highest BCUT2D eigenvalue weighted by atomic mass is 16.6. The summed E-state index contributed by atoms with van der Waals surface area (Å²) in [7, 11) is 0. The third-order valence-corrected chi connectivity index (χ3v) is 1.88. The fraction of sp³-hybridized carbons (Fsp3) is 0.833. The van der Waals surface area contributed by atoms with Crippen molar-refractivity contribution in [1.29, 1.82) is 0 Å². The van der Waals surface area contributed by atoms with Gasteiger partial charge in [0.15, 0.2) is 0 Å². The topological polar surface area (TPSA) is 52.3 Å². The molecule has 0 unspecified atom stereocenters. The molecule has 3 nitrogen and oxygen atoms in total. The molecule has 1 heterocycles. The summed E-state index contributed by atoms with van der Waals surface area (Å²) in [6.45, 7) is 3.77. The Morgan fingerprint density at radius 2 is 2.11 bits per heavy atom. The van der Waals surface area contributed by atoms with Gasteiger partial charge in [-0.3, -0.25) is 4.79 Å². The molecule has 0 saturated carbocycles. The van der Waals surface area contributed by atoms with Crippen LogP contribution in [0.5, 0.6) is 0 Å². The van der Waals surface area contributed by atoms with E-state index in [1.807, 2.05) is 13.8 Å². The number of ether oxygens (including phenoxy) is 1. The molecule has 0 spiro atoms. The van der Waals surface area contributed by atoms with Crippen molar-refractivity contribution in [2.24, 2.45) is 11.7 Å². The van der Waals surface area contributed by atoms with Gasteiger partial charge in [0.1, 0.15) is 12.1 Å².